The summed E-state index contributed by atoms with van der Waals surface area (Å²) in [5, 5.41) is 1.05. The highest BCUT2D eigenvalue weighted by molar-refractivity contribution is 7.90. The molecular formula is C17H19ClN4OS. The maximum Gasteiger partial charge on any atom is 0.322 e. The van der Waals surface area contributed by atoms with Crippen molar-refractivity contribution in [2.45, 2.75) is 24.8 Å². The van der Waals surface area contributed by atoms with Gasteiger partial charge in [0.05, 0.1) is 16.7 Å². The zero-order chi connectivity index (χ0) is 17.4. The predicted molar refractivity (Wildman–Crippen MR) is 99.3 cm³/mol. The van der Waals surface area contributed by atoms with E-state index in [0.29, 0.717) is 21.4 Å². The van der Waals surface area contributed by atoms with E-state index in [9.17, 15) is 4.55 Å². The molecule has 0 fully saturated rings. The molecule has 1 aromatic carbocycles. The van der Waals surface area contributed by atoms with Crippen molar-refractivity contribution in [2.24, 2.45) is 0 Å². The first-order valence-electron chi connectivity index (χ1n) is 7.53. The van der Waals surface area contributed by atoms with Crippen molar-refractivity contribution in [3.8, 4) is 0 Å². The van der Waals surface area contributed by atoms with Crippen LogP contribution in [0.1, 0.15) is 16.8 Å². The minimum absolute atomic E-state index is 0.320. The van der Waals surface area contributed by atoms with Crippen LogP contribution in [0.2, 0.25) is 5.02 Å². The Morgan fingerprint density at radius 3 is 2.75 bits per heavy atom. The molecule has 0 aliphatic heterocycles. The van der Waals surface area contributed by atoms with Gasteiger partial charge in [-0.25, -0.2) is 0 Å². The smallest absolute Gasteiger partial charge is 0.322 e. The summed E-state index contributed by atoms with van der Waals surface area (Å²) < 4.78 is 12.7. The molecule has 0 radical (unpaired) electrons. The second kappa shape index (κ2) is 6.63. The van der Waals surface area contributed by atoms with Crippen LogP contribution in [0.15, 0.2) is 29.6 Å². The van der Waals surface area contributed by atoms with E-state index in [0.717, 1.165) is 28.0 Å². The lowest BCUT2D eigenvalue weighted by atomic mass is 10.1. The minimum atomic E-state index is -1.30. The average molecular weight is 363 g/mol. The fourth-order valence-corrected chi connectivity index (χ4v) is 4.12. The Morgan fingerprint density at radius 1 is 1.29 bits per heavy atom. The Hall–Kier alpha value is -1.76. The maximum absolute atomic E-state index is 12.7. The van der Waals surface area contributed by atoms with Crippen molar-refractivity contribution in [3.63, 3.8) is 0 Å². The Kier molecular flexibility index (Phi) is 4.71. The number of aromatic amines is 1. The van der Waals surface area contributed by atoms with E-state index in [1.807, 2.05) is 40.2 Å². The third kappa shape index (κ3) is 3.22. The van der Waals surface area contributed by atoms with Gasteiger partial charge in [0.1, 0.15) is 0 Å². The summed E-state index contributed by atoms with van der Waals surface area (Å²) in [5.41, 5.74) is 5.63. The zero-order valence-corrected chi connectivity index (χ0v) is 15.6. The molecule has 0 spiro atoms. The third-order valence-electron chi connectivity index (χ3n) is 3.93. The van der Waals surface area contributed by atoms with Crippen LogP contribution in [0.4, 0.5) is 5.69 Å². The van der Waals surface area contributed by atoms with Gasteiger partial charge in [0, 0.05) is 42.2 Å². The van der Waals surface area contributed by atoms with Gasteiger partial charge in [0.25, 0.3) is 0 Å². The molecular weight excluding hydrogens is 344 g/mol. The Labute approximate surface area is 149 Å². The standard InChI is InChI=1S/C17H19ClN4OS/c1-10-8-19-15(11(2)16(10)22(3)4)9-24(23)17-20-13-6-5-12(18)7-14(13)21-17/h5-8H,9H2,1-4H3,(H,20,21). The van der Waals surface area contributed by atoms with Crippen LogP contribution in [0, 0.1) is 13.8 Å². The fourth-order valence-electron chi connectivity index (χ4n) is 2.85. The first kappa shape index (κ1) is 17.1. The van der Waals surface area contributed by atoms with Gasteiger partial charge in [-0.05, 0) is 43.2 Å². The highest BCUT2D eigenvalue weighted by Crippen LogP contribution is 2.27. The summed E-state index contributed by atoms with van der Waals surface area (Å²) in [4.78, 5) is 14.0. The quantitative estimate of drug-likeness (QED) is 0.720. The topological polar surface area (TPSA) is 67.9 Å². The largest absolute Gasteiger partial charge is 0.609 e. The molecule has 3 rings (SSSR count). The van der Waals surface area contributed by atoms with Crippen molar-refractivity contribution in [1.29, 1.82) is 0 Å². The van der Waals surface area contributed by atoms with Crippen molar-refractivity contribution in [2.75, 3.05) is 19.0 Å². The van der Waals surface area contributed by atoms with E-state index in [1.165, 1.54) is 0 Å². The lowest BCUT2D eigenvalue weighted by Crippen LogP contribution is -2.16. The van der Waals surface area contributed by atoms with E-state index >= 15 is 0 Å². The molecule has 1 N–H and O–H groups in total. The zero-order valence-electron chi connectivity index (χ0n) is 14.1. The molecule has 0 saturated carbocycles. The molecule has 2 aromatic heterocycles. The summed E-state index contributed by atoms with van der Waals surface area (Å²) in [6.45, 7) is 4.04. The van der Waals surface area contributed by atoms with Crippen molar-refractivity contribution >= 4 is 39.5 Å². The van der Waals surface area contributed by atoms with Crippen molar-refractivity contribution in [1.82, 2.24) is 15.0 Å². The van der Waals surface area contributed by atoms with E-state index < -0.39 is 11.2 Å². The number of hydrogen-bond donors (Lipinski definition) is 1. The fraction of sp³-hybridized carbons (Fsp3) is 0.294. The number of nitrogens with zero attached hydrogens (tertiary/aromatic N) is 3. The van der Waals surface area contributed by atoms with Crippen molar-refractivity contribution < 1.29 is 4.55 Å². The molecule has 3 aromatic rings. The Morgan fingerprint density at radius 2 is 2.04 bits per heavy atom. The lowest BCUT2D eigenvalue weighted by Gasteiger charge is -2.20. The van der Waals surface area contributed by atoms with Gasteiger partial charge in [0.15, 0.2) is 5.75 Å². The number of aryl methyl sites for hydroxylation is 1. The monoisotopic (exact) mass is 362 g/mol. The van der Waals surface area contributed by atoms with Gasteiger partial charge < -0.3 is 9.45 Å². The lowest BCUT2D eigenvalue weighted by molar-refractivity contribution is 0.586. The number of fused-ring (bicyclic) bond motifs is 1. The number of aromatic nitrogens is 3. The summed E-state index contributed by atoms with van der Waals surface area (Å²) in [6, 6.07) is 5.38. The summed E-state index contributed by atoms with van der Waals surface area (Å²) >= 11 is 4.67. The van der Waals surface area contributed by atoms with Crippen LogP contribution in [0.5, 0.6) is 0 Å². The van der Waals surface area contributed by atoms with E-state index in [2.05, 4.69) is 19.9 Å². The summed E-state index contributed by atoms with van der Waals surface area (Å²) in [5.74, 6) is 0.320. The number of H-pyrrole nitrogens is 1. The predicted octanol–water partition coefficient (Wildman–Crippen LogP) is 3.60. The molecule has 0 aliphatic carbocycles. The van der Waals surface area contributed by atoms with Crippen LogP contribution in [0.25, 0.3) is 11.0 Å². The molecule has 0 bridgehead atoms. The third-order valence-corrected chi connectivity index (χ3v) is 5.33. The second-order valence-electron chi connectivity index (χ2n) is 5.95. The highest BCUT2D eigenvalue weighted by Gasteiger charge is 2.21. The van der Waals surface area contributed by atoms with Crippen molar-refractivity contribution in [3.05, 3.63) is 46.2 Å². The van der Waals surface area contributed by atoms with Crippen LogP contribution in [-0.2, 0) is 16.9 Å². The Bertz CT molecular complexity index is 894. The molecule has 24 heavy (non-hydrogen) atoms. The van der Waals surface area contributed by atoms with Gasteiger partial charge in [-0.1, -0.05) is 11.6 Å². The molecule has 1 unspecified atom stereocenters. The molecule has 2 heterocycles. The SMILES string of the molecule is Cc1cnc(C[S+]([O-])c2nc3cc(Cl)ccc3[nH]2)c(C)c1N(C)C. The van der Waals surface area contributed by atoms with Gasteiger partial charge >= 0.3 is 5.16 Å². The number of benzene rings is 1. The van der Waals surface area contributed by atoms with Gasteiger partial charge in [-0.3, -0.25) is 9.97 Å². The van der Waals surface area contributed by atoms with E-state index in [4.69, 9.17) is 11.6 Å². The van der Waals surface area contributed by atoms with Crippen LogP contribution in [0.3, 0.4) is 0 Å². The first-order valence-corrected chi connectivity index (χ1v) is 9.22. The number of halogens is 1. The summed E-state index contributed by atoms with van der Waals surface area (Å²) in [7, 11) is 4.00. The molecule has 0 saturated heterocycles. The average Bonchev–Trinajstić information content (AvgIpc) is 2.93. The second-order valence-corrected chi connectivity index (χ2v) is 7.75. The van der Waals surface area contributed by atoms with Gasteiger partial charge in [0.2, 0.25) is 0 Å². The van der Waals surface area contributed by atoms with E-state index in [-0.39, 0.29) is 0 Å². The number of hydrogen-bond acceptors (Lipinski definition) is 4. The maximum atomic E-state index is 12.7. The number of imidazole rings is 1. The van der Waals surface area contributed by atoms with Gasteiger partial charge in [-0.15, -0.1) is 0 Å². The first-order chi connectivity index (χ1) is 11.4. The Balaban J connectivity index is 1.91. The summed E-state index contributed by atoms with van der Waals surface area (Å²) in [6.07, 6.45) is 1.83. The number of rotatable bonds is 4. The molecule has 0 aliphatic rings. The minimum Gasteiger partial charge on any atom is -0.609 e. The molecule has 5 nitrogen and oxygen atoms in total. The van der Waals surface area contributed by atoms with Crippen LogP contribution < -0.4 is 4.90 Å². The molecule has 126 valence electrons. The molecule has 1 atom stereocenters. The van der Waals surface area contributed by atoms with E-state index in [1.54, 1.807) is 12.1 Å². The van der Waals surface area contributed by atoms with Crippen LogP contribution in [-0.4, -0.2) is 33.6 Å². The van der Waals surface area contributed by atoms with Gasteiger partial charge in [-0.2, -0.15) is 4.98 Å². The molecule has 7 heteroatoms. The number of pyridine rings is 1. The molecule has 0 amide bonds. The normalized spacial score (nSPS) is 12.6. The van der Waals surface area contributed by atoms with Crippen LogP contribution >= 0.6 is 11.6 Å². The highest BCUT2D eigenvalue weighted by atomic mass is 35.5. The number of nitrogens with one attached hydrogen (secondary N) is 1. The number of anilines is 1.